The number of anilines is 1. The van der Waals surface area contributed by atoms with Gasteiger partial charge in [-0.05, 0) is 25.0 Å². The molecule has 1 aliphatic rings. The summed E-state index contributed by atoms with van der Waals surface area (Å²) >= 11 is 0. The van der Waals surface area contributed by atoms with Gasteiger partial charge in [0, 0.05) is 20.6 Å². The van der Waals surface area contributed by atoms with E-state index in [0.717, 1.165) is 5.92 Å². The summed E-state index contributed by atoms with van der Waals surface area (Å²) in [4.78, 5) is 25.2. The number of amides is 1. The molecule has 0 saturated heterocycles. The van der Waals surface area contributed by atoms with Gasteiger partial charge in [0.15, 0.2) is 11.9 Å². The summed E-state index contributed by atoms with van der Waals surface area (Å²) in [6, 6.07) is 4.51. The fraction of sp³-hybridized carbons (Fsp3) is 0.409. The number of terminal acetylenes is 1. The summed E-state index contributed by atoms with van der Waals surface area (Å²) < 4.78 is 0. The average molecular weight is 415 g/mol. The van der Waals surface area contributed by atoms with E-state index in [2.05, 4.69) is 44.3 Å². The molecule has 1 atom stereocenters. The number of hydrogen-bond donors (Lipinski definition) is 4. The number of aromatic hydroxyl groups is 1. The Labute approximate surface area is 178 Å². The van der Waals surface area contributed by atoms with Crippen molar-refractivity contribution < 1.29 is 19.8 Å². The highest BCUT2D eigenvalue weighted by Crippen LogP contribution is 2.34. The lowest BCUT2D eigenvalue weighted by Gasteiger charge is -2.29. The molecule has 0 saturated carbocycles. The van der Waals surface area contributed by atoms with Crippen LogP contribution in [0.1, 0.15) is 43.6 Å². The van der Waals surface area contributed by atoms with E-state index in [1.165, 1.54) is 31.1 Å². The van der Waals surface area contributed by atoms with Crippen molar-refractivity contribution in [3.63, 3.8) is 0 Å². The largest absolute Gasteiger partial charge is 0.505 e. The van der Waals surface area contributed by atoms with Gasteiger partial charge in [0.25, 0.3) is 5.91 Å². The van der Waals surface area contributed by atoms with Crippen molar-refractivity contribution in [1.29, 1.82) is 5.26 Å². The number of likely N-dealkylation sites (N-methyl/N-ethyl adjacent to an activating group) is 1. The number of aliphatic hydroxyl groups excluding tert-OH is 1. The fourth-order valence-corrected chi connectivity index (χ4v) is 2.30. The summed E-state index contributed by atoms with van der Waals surface area (Å²) in [5, 5.41) is 34.7. The Morgan fingerprint density at radius 1 is 1.30 bits per heavy atom. The number of aliphatic hydroxyl groups is 1. The number of nitrogens with zero attached hydrogens (tertiary/aromatic N) is 2. The molecule has 1 aliphatic carbocycles. The second-order valence-corrected chi connectivity index (χ2v) is 7.17. The van der Waals surface area contributed by atoms with E-state index in [1.54, 1.807) is 0 Å². The third-order valence-corrected chi connectivity index (χ3v) is 3.54. The molecule has 4 N–H and O–H groups in total. The van der Waals surface area contributed by atoms with Crippen LogP contribution in [0.5, 0.6) is 5.75 Å². The second-order valence-electron chi connectivity index (χ2n) is 7.17. The minimum atomic E-state index is -1.24. The van der Waals surface area contributed by atoms with Crippen LogP contribution in [0.2, 0.25) is 0 Å². The van der Waals surface area contributed by atoms with Gasteiger partial charge in [-0.1, -0.05) is 20.8 Å². The first-order valence-electron chi connectivity index (χ1n) is 9.34. The lowest BCUT2D eigenvalue weighted by atomic mass is 9.94. The first-order valence-corrected chi connectivity index (χ1v) is 9.34. The molecule has 8 nitrogen and oxygen atoms in total. The second kappa shape index (κ2) is 12.2. The molecule has 1 aromatic rings. The number of ketones is 1. The van der Waals surface area contributed by atoms with E-state index in [4.69, 9.17) is 5.26 Å². The first-order chi connectivity index (χ1) is 14.0. The topological polar surface area (TPSA) is 126 Å². The molecule has 0 fully saturated rings. The van der Waals surface area contributed by atoms with E-state index in [0.29, 0.717) is 12.2 Å². The molecular formula is C22H30N4O4. The van der Waals surface area contributed by atoms with Crippen molar-refractivity contribution in [2.75, 3.05) is 26.0 Å². The lowest BCUT2D eigenvalue weighted by molar-refractivity contribution is -0.124. The van der Waals surface area contributed by atoms with E-state index in [-0.39, 0.29) is 28.3 Å². The molecule has 0 heterocycles. The third-order valence-electron chi connectivity index (χ3n) is 3.54. The molecule has 1 amide bonds. The Morgan fingerprint density at radius 3 is 2.27 bits per heavy atom. The molecule has 0 bridgehead atoms. The van der Waals surface area contributed by atoms with E-state index < -0.39 is 17.8 Å². The number of phenols is 1. The van der Waals surface area contributed by atoms with Gasteiger partial charge in [0.2, 0.25) is 5.78 Å². The highest BCUT2D eigenvalue weighted by Gasteiger charge is 2.38. The minimum Gasteiger partial charge on any atom is -0.505 e. The zero-order valence-corrected chi connectivity index (χ0v) is 18.3. The van der Waals surface area contributed by atoms with Crippen molar-refractivity contribution in [3.8, 4) is 24.7 Å². The number of benzene rings is 1. The SMILES string of the molecule is C#C.CC(C)C.CCNC1=C(Nc2cc(C#N)cc(C(=O)N(C)C)c2O)C(=O)C1O. The molecule has 0 radical (unpaired) electrons. The third kappa shape index (κ3) is 6.54. The molecule has 1 unspecified atom stereocenters. The monoisotopic (exact) mass is 414 g/mol. The molecule has 0 aliphatic heterocycles. The van der Waals surface area contributed by atoms with Crippen LogP contribution in [0.3, 0.4) is 0 Å². The molecule has 2 rings (SSSR count). The van der Waals surface area contributed by atoms with Crippen molar-refractivity contribution >= 4 is 17.4 Å². The summed E-state index contributed by atoms with van der Waals surface area (Å²) in [5.74, 6) is -0.549. The Bertz CT molecular complexity index is 861. The van der Waals surface area contributed by atoms with Gasteiger partial charge in [-0.15, -0.1) is 12.8 Å². The Kier molecular flexibility index (Phi) is 10.7. The quantitative estimate of drug-likeness (QED) is 0.429. The van der Waals surface area contributed by atoms with Gasteiger partial charge < -0.3 is 25.7 Å². The smallest absolute Gasteiger partial charge is 0.257 e. The standard InChI is InChI=1S/C16H18N4O4.C4H10.C2H2/c1-4-18-11-12(15(23)14(11)22)19-10-6-8(7-17)5-9(13(10)21)16(24)20(2)3;1-4(2)3;1-2/h5-6,14,18-19,21-22H,4H2,1-3H3;4H,1-3H3;1-2H. The van der Waals surface area contributed by atoms with Crippen LogP contribution in [0.4, 0.5) is 5.69 Å². The number of Topliss-reactive ketones (excluding diaryl/α,β-unsaturated/α-hetero) is 1. The fourth-order valence-electron chi connectivity index (χ4n) is 2.30. The maximum Gasteiger partial charge on any atom is 0.257 e. The molecule has 0 spiro atoms. The number of phenolic OH excluding ortho intramolecular Hbond substituents is 1. The molecule has 0 aromatic heterocycles. The predicted molar refractivity (Wildman–Crippen MR) is 117 cm³/mol. The maximum atomic E-state index is 12.1. The molecule has 1 aromatic carbocycles. The van der Waals surface area contributed by atoms with Crippen LogP contribution in [0.15, 0.2) is 23.5 Å². The maximum absolute atomic E-state index is 12.1. The normalized spacial score (nSPS) is 14.3. The number of hydrogen-bond acceptors (Lipinski definition) is 7. The van der Waals surface area contributed by atoms with Gasteiger partial charge >= 0.3 is 0 Å². The number of nitriles is 1. The number of rotatable bonds is 5. The van der Waals surface area contributed by atoms with Gasteiger partial charge in [-0.3, -0.25) is 9.59 Å². The zero-order chi connectivity index (χ0) is 23.6. The van der Waals surface area contributed by atoms with Gasteiger partial charge in [-0.25, -0.2) is 0 Å². The Hall–Kier alpha value is -3.49. The summed E-state index contributed by atoms with van der Waals surface area (Å²) in [6.45, 7) is 8.81. The highest BCUT2D eigenvalue weighted by atomic mass is 16.3. The summed E-state index contributed by atoms with van der Waals surface area (Å²) in [6.07, 6.45) is 6.76. The van der Waals surface area contributed by atoms with Crippen LogP contribution in [0, 0.1) is 30.1 Å². The van der Waals surface area contributed by atoms with Crippen molar-refractivity contribution in [2.24, 2.45) is 5.92 Å². The van der Waals surface area contributed by atoms with E-state index in [9.17, 15) is 19.8 Å². The van der Waals surface area contributed by atoms with Crippen molar-refractivity contribution in [3.05, 3.63) is 34.7 Å². The Balaban J connectivity index is 0.00000125. The number of carbonyl (C=O) groups is 2. The summed E-state index contributed by atoms with van der Waals surface area (Å²) in [5.41, 5.74) is 0.547. The lowest BCUT2D eigenvalue weighted by Crippen LogP contribution is -2.45. The average Bonchev–Trinajstić information content (AvgIpc) is 2.71. The summed E-state index contributed by atoms with van der Waals surface area (Å²) in [7, 11) is 3.04. The van der Waals surface area contributed by atoms with Crippen LogP contribution in [-0.2, 0) is 4.79 Å². The Morgan fingerprint density at radius 2 is 1.83 bits per heavy atom. The van der Waals surface area contributed by atoms with E-state index in [1.807, 2.05) is 13.0 Å². The van der Waals surface area contributed by atoms with Crippen LogP contribution >= 0.6 is 0 Å². The molecular weight excluding hydrogens is 384 g/mol. The number of carbonyl (C=O) groups excluding carboxylic acids is 2. The predicted octanol–water partition coefficient (Wildman–Crippen LogP) is 2.05. The highest BCUT2D eigenvalue weighted by molar-refractivity contribution is 6.11. The van der Waals surface area contributed by atoms with Crippen molar-refractivity contribution in [1.82, 2.24) is 10.2 Å². The van der Waals surface area contributed by atoms with Gasteiger partial charge in [0.1, 0.15) is 5.70 Å². The zero-order valence-electron chi connectivity index (χ0n) is 18.3. The van der Waals surface area contributed by atoms with Gasteiger partial charge in [0.05, 0.1) is 28.6 Å². The minimum absolute atomic E-state index is 0.0462. The molecule has 8 heteroatoms. The van der Waals surface area contributed by atoms with Crippen molar-refractivity contribution in [2.45, 2.75) is 33.8 Å². The first kappa shape index (κ1) is 26.5. The molecule has 30 heavy (non-hydrogen) atoms. The van der Waals surface area contributed by atoms with Crippen LogP contribution in [0.25, 0.3) is 0 Å². The number of nitrogens with one attached hydrogen (secondary N) is 2. The van der Waals surface area contributed by atoms with E-state index >= 15 is 0 Å². The van der Waals surface area contributed by atoms with Crippen LogP contribution in [-0.4, -0.2) is 53.5 Å². The van der Waals surface area contributed by atoms with Gasteiger partial charge in [-0.2, -0.15) is 5.26 Å². The molecule has 162 valence electrons. The van der Waals surface area contributed by atoms with Crippen LogP contribution < -0.4 is 10.6 Å².